The molecular weight excluding hydrogens is 713 g/mol. The van der Waals surface area contributed by atoms with Gasteiger partial charge in [0.1, 0.15) is 0 Å². The Labute approximate surface area is 363 Å². The van der Waals surface area contributed by atoms with Gasteiger partial charge < -0.3 is 11.5 Å². The number of nitrogens with two attached hydrogens (primary N) is 2. The third kappa shape index (κ3) is 18.7. The van der Waals surface area contributed by atoms with Crippen LogP contribution in [0.3, 0.4) is 0 Å². The summed E-state index contributed by atoms with van der Waals surface area (Å²) in [5.41, 5.74) is 22.6. The zero-order valence-corrected chi connectivity index (χ0v) is 38.2. The van der Waals surface area contributed by atoms with Crippen LogP contribution in [0.4, 0.5) is 11.4 Å². The van der Waals surface area contributed by atoms with Gasteiger partial charge in [-0.3, -0.25) is 0 Å². The second kappa shape index (κ2) is 29.7. The van der Waals surface area contributed by atoms with Gasteiger partial charge in [-0.15, -0.1) is 0 Å². The van der Waals surface area contributed by atoms with E-state index in [9.17, 15) is 0 Å². The van der Waals surface area contributed by atoms with Gasteiger partial charge in [0, 0.05) is 23.2 Å². The van der Waals surface area contributed by atoms with Gasteiger partial charge in [-0.2, -0.15) is 0 Å². The lowest BCUT2D eigenvalue weighted by Gasteiger charge is -2.22. The molecular formula is C57H86N2. The Hall–Kier alpha value is -3.52. The van der Waals surface area contributed by atoms with Crippen molar-refractivity contribution in [1.29, 1.82) is 0 Å². The van der Waals surface area contributed by atoms with Gasteiger partial charge in [-0.05, 0) is 89.2 Å². The number of rotatable bonds is 33. The van der Waals surface area contributed by atoms with E-state index in [1.165, 1.54) is 200 Å². The molecule has 59 heavy (non-hydrogen) atoms. The van der Waals surface area contributed by atoms with Crippen molar-refractivity contribution in [2.45, 2.75) is 212 Å². The third-order valence-electron chi connectivity index (χ3n) is 13.2. The van der Waals surface area contributed by atoms with Crippen molar-refractivity contribution in [1.82, 2.24) is 0 Å². The molecule has 0 aliphatic rings. The summed E-state index contributed by atoms with van der Waals surface area (Å²) < 4.78 is 0. The molecule has 0 aliphatic carbocycles. The van der Waals surface area contributed by atoms with E-state index in [0.29, 0.717) is 17.8 Å². The van der Waals surface area contributed by atoms with Crippen molar-refractivity contribution in [3.63, 3.8) is 0 Å². The summed E-state index contributed by atoms with van der Waals surface area (Å²) >= 11 is 0. The maximum absolute atomic E-state index is 6.15. The Morgan fingerprint density at radius 3 is 0.932 bits per heavy atom. The maximum Gasteiger partial charge on any atom is 0.0314 e. The molecule has 4 rings (SSSR count). The Bertz CT molecular complexity index is 1590. The number of benzene rings is 4. The monoisotopic (exact) mass is 799 g/mol. The molecule has 0 aromatic heterocycles. The van der Waals surface area contributed by atoms with E-state index >= 15 is 0 Å². The minimum atomic E-state index is 0.416. The molecule has 2 nitrogen and oxygen atoms in total. The first-order chi connectivity index (χ1) is 29.0. The molecule has 0 fully saturated rings. The van der Waals surface area contributed by atoms with E-state index in [1.807, 2.05) is 0 Å². The largest absolute Gasteiger partial charge is 0.399 e. The van der Waals surface area contributed by atoms with Crippen LogP contribution in [0.5, 0.6) is 0 Å². The maximum atomic E-state index is 6.15. The average Bonchev–Trinajstić information content (AvgIpc) is 3.26. The minimum Gasteiger partial charge on any atom is -0.399 e. The number of hydrogen-bond acceptors (Lipinski definition) is 2. The SMILES string of the molecule is CCCCCCCCCCCC(c1ccc(N)cc1)c1ccc(CC(CCCCCCC)c2ccc(C(CCCCCCCCCCC)c3ccc(N)cc3)cc2)cc1. The van der Waals surface area contributed by atoms with Gasteiger partial charge in [0.05, 0.1) is 0 Å². The highest BCUT2D eigenvalue weighted by Gasteiger charge is 2.19. The van der Waals surface area contributed by atoms with Crippen LogP contribution >= 0.6 is 0 Å². The highest BCUT2D eigenvalue weighted by molar-refractivity contribution is 5.44. The summed E-state index contributed by atoms with van der Waals surface area (Å²) in [5, 5.41) is 0. The van der Waals surface area contributed by atoms with Crippen LogP contribution in [0.1, 0.15) is 239 Å². The lowest BCUT2D eigenvalue weighted by molar-refractivity contribution is 0.540. The Morgan fingerprint density at radius 1 is 0.305 bits per heavy atom. The van der Waals surface area contributed by atoms with Crippen LogP contribution in [-0.2, 0) is 6.42 Å². The molecule has 0 aliphatic heterocycles. The predicted octanol–water partition coefficient (Wildman–Crippen LogP) is 17.6. The highest BCUT2D eigenvalue weighted by Crippen LogP contribution is 2.35. The Balaban J connectivity index is 1.43. The van der Waals surface area contributed by atoms with Crippen LogP contribution in [0.2, 0.25) is 0 Å². The van der Waals surface area contributed by atoms with E-state index < -0.39 is 0 Å². The van der Waals surface area contributed by atoms with E-state index in [1.54, 1.807) is 0 Å². The molecule has 4 aromatic carbocycles. The van der Waals surface area contributed by atoms with Crippen molar-refractivity contribution in [2.24, 2.45) is 0 Å². The van der Waals surface area contributed by atoms with Crippen molar-refractivity contribution in [3.8, 4) is 0 Å². The molecule has 4 aromatic rings. The van der Waals surface area contributed by atoms with Gasteiger partial charge in [0.2, 0.25) is 0 Å². The molecule has 0 amide bonds. The second-order valence-corrected chi connectivity index (χ2v) is 18.2. The molecule has 0 bridgehead atoms. The van der Waals surface area contributed by atoms with Crippen LogP contribution in [0, 0.1) is 0 Å². The van der Waals surface area contributed by atoms with Crippen molar-refractivity contribution >= 4 is 11.4 Å². The van der Waals surface area contributed by atoms with E-state index in [2.05, 4.69) is 118 Å². The fraction of sp³-hybridized carbons (Fsp3) is 0.579. The first kappa shape index (κ1) is 48.1. The first-order valence-electron chi connectivity index (χ1n) is 24.9. The Morgan fingerprint density at radius 2 is 0.576 bits per heavy atom. The van der Waals surface area contributed by atoms with Gasteiger partial charge in [0.15, 0.2) is 0 Å². The fourth-order valence-corrected chi connectivity index (χ4v) is 9.38. The molecule has 0 spiro atoms. The number of anilines is 2. The van der Waals surface area contributed by atoms with Crippen molar-refractivity contribution in [3.05, 3.63) is 130 Å². The zero-order valence-electron chi connectivity index (χ0n) is 38.2. The topological polar surface area (TPSA) is 52.0 Å². The van der Waals surface area contributed by atoms with Crippen molar-refractivity contribution in [2.75, 3.05) is 11.5 Å². The fourth-order valence-electron chi connectivity index (χ4n) is 9.38. The molecule has 3 atom stereocenters. The number of hydrogen-bond donors (Lipinski definition) is 2. The normalized spacial score (nSPS) is 13.1. The summed E-state index contributed by atoms with van der Waals surface area (Å²) in [5.74, 6) is 1.36. The molecule has 4 N–H and O–H groups in total. The van der Waals surface area contributed by atoms with Gasteiger partial charge >= 0.3 is 0 Å². The summed E-state index contributed by atoms with van der Waals surface area (Å²) in [7, 11) is 0. The lowest BCUT2D eigenvalue weighted by Crippen LogP contribution is -2.07. The van der Waals surface area contributed by atoms with E-state index in [-0.39, 0.29) is 0 Å². The predicted molar refractivity (Wildman–Crippen MR) is 262 cm³/mol. The highest BCUT2D eigenvalue weighted by atomic mass is 14.5. The molecule has 2 heteroatoms. The zero-order chi connectivity index (χ0) is 41.8. The molecule has 0 heterocycles. The minimum absolute atomic E-state index is 0.416. The summed E-state index contributed by atoms with van der Waals surface area (Å²) in [6.07, 6.45) is 35.9. The van der Waals surface area contributed by atoms with Crippen LogP contribution in [0.15, 0.2) is 97.1 Å². The Kier molecular flexibility index (Phi) is 24.2. The van der Waals surface area contributed by atoms with Crippen LogP contribution in [-0.4, -0.2) is 0 Å². The third-order valence-corrected chi connectivity index (χ3v) is 13.2. The lowest BCUT2D eigenvalue weighted by atomic mass is 9.82. The van der Waals surface area contributed by atoms with Crippen LogP contribution in [0.25, 0.3) is 0 Å². The molecule has 0 saturated carbocycles. The number of unbranched alkanes of at least 4 members (excludes halogenated alkanes) is 20. The molecule has 324 valence electrons. The van der Waals surface area contributed by atoms with Crippen LogP contribution < -0.4 is 11.5 Å². The standard InChI is InChI=1S/C57H86N2/c1-4-7-10-13-15-17-19-22-25-28-56(51-38-42-54(58)43-39-51)49-32-30-47(31-33-49)46-53(27-24-21-12-9-6-3)48-34-36-50(37-35-48)57(52-40-44-55(59)45-41-52)29-26-23-20-18-16-14-11-8-5-2/h30-45,53,56-57H,4-29,46,58-59H2,1-3H3. The van der Waals surface area contributed by atoms with E-state index in [0.717, 1.165) is 17.8 Å². The molecule has 0 radical (unpaired) electrons. The smallest absolute Gasteiger partial charge is 0.0314 e. The number of nitrogen functional groups attached to an aromatic ring is 2. The second-order valence-electron chi connectivity index (χ2n) is 18.2. The summed E-state index contributed by atoms with van der Waals surface area (Å²) in [6.45, 7) is 6.92. The van der Waals surface area contributed by atoms with Crippen molar-refractivity contribution < 1.29 is 0 Å². The quantitative estimate of drug-likeness (QED) is 0.0373. The molecule has 3 unspecified atom stereocenters. The van der Waals surface area contributed by atoms with Gasteiger partial charge in [0.25, 0.3) is 0 Å². The summed E-state index contributed by atoms with van der Waals surface area (Å²) in [6, 6.07) is 37.0. The van der Waals surface area contributed by atoms with E-state index in [4.69, 9.17) is 11.5 Å². The first-order valence-corrected chi connectivity index (χ1v) is 24.9. The summed E-state index contributed by atoms with van der Waals surface area (Å²) in [4.78, 5) is 0. The molecule has 0 saturated heterocycles. The average molecular weight is 799 g/mol. The van der Waals surface area contributed by atoms with Gasteiger partial charge in [-0.1, -0.05) is 241 Å². The van der Waals surface area contributed by atoms with Gasteiger partial charge in [-0.25, -0.2) is 0 Å².